The maximum Gasteiger partial charge on any atom is 0.169 e. The van der Waals surface area contributed by atoms with Crippen LogP contribution in [0.1, 0.15) is 0 Å². The summed E-state index contributed by atoms with van der Waals surface area (Å²) in [6.07, 6.45) is -3.39. The van der Waals surface area contributed by atoms with Crippen molar-refractivity contribution in [2.24, 2.45) is 5.11 Å². The molecular weight excluding hydrogens is 178 g/mol. The van der Waals surface area contributed by atoms with Gasteiger partial charge in [0.1, 0.15) is 18.2 Å². The second-order valence-corrected chi connectivity index (χ2v) is 3.05. The van der Waals surface area contributed by atoms with Gasteiger partial charge in [-0.1, -0.05) is 5.11 Å². The van der Waals surface area contributed by atoms with Crippen molar-refractivity contribution in [3.8, 4) is 0 Å². The minimum atomic E-state index is -1.11. The van der Waals surface area contributed by atoms with Crippen molar-refractivity contribution in [3.63, 3.8) is 0 Å². The topological polar surface area (TPSA) is 108 Å². The number of rotatable bonds is 1. The molecule has 0 saturated carbocycles. The van der Waals surface area contributed by atoms with Gasteiger partial charge in [-0.3, -0.25) is 0 Å². The van der Waals surface area contributed by atoms with E-state index in [4.69, 9.17) is 15.0 Å². The highest BCUT2D eigenvalue weighted by Gasteiger charge is 2.49. The number of fused-ring (bicyclic) bond motifs is 2. The molecule has 2 rings (SSSR count). The predicted molar refractivity (Wildman–Crippen MR) is 39.6 cm³/mol. The van der Waals surface area contributed by atoms with Gasteiger partial charge in [0.25, 0.3) is 0 Å². The van der Waals surface area contributed by atoms with Gasteiger partial charge in [0.2, 0.25) is 0 Å². The summed E-state index contributed by atoms with van der Waals surface area (Å²) >= 11 is 0. The second kappa shape index (κ2) is 3.13. The van der Waals surface area contributed by atoms with E-state index in [0.717, 1.165) is 0 Å². The van der Waals surface area contributed by atoms with E-state index in [1.54, 1.807) is 0 Å². The van der Waals surface area contributed by atoms with Crippen molar-refractivity contribution in [2.45, 2.75) is 30.6 Å². The van der Waals surface area contributed by atoms with Crippen LogP contribution in [0.5, 0.6) is 0 Å². The van der Waals surface area contributed by atoms with Gasteiger partial charge in [-0.05, 0) is 5.53 Å². The normalized spacial score (nSPS) is 48.6. The first kappa shape index (κ1) is 8.74. The van der Waals surface area contributed by atoms with Gasteiger partial charge in [-0.15, -0.1) is 0 Å². The van der Waals surface area contributed by atoms with Gasteiger partial charge in [-0.2, -0.15) is 0 Å². The summed E-state index contributed by atoms with van der Waals surface area (Å²) in [5, 5.41) is 22.2. The Kier molecular flexibility index (Phi) is 2.10. The third kappa shape index (κ3) is 1.27. The SMILES string of the molecule is [N-]=[N+]=NC1C2OC[C@@H](O2)[C@@H](O)[C@@H]1O. The lowest BCUT2D eigenvalue weighted by molar-refractivity contribution is -0.177. The van der Waals surface area contributed by atoms with E-state index < -0.39 is 30.6 Å². The molecule has 5 atom stereocenters. The van der Waals surface area contributed by atoms with E-state index in [9.17, 15) is 10.2 Å². The van der Waals surface area contributed by atoms with Gasteiger partial charge >= 0.3 is 0 Å². The molecule has 2 unspecified atom stereocenters. The molecule has 0 aromatic rings. The third-order valence-corrected chi connectivity index (χ3v) is 2.28. The summed E-state index contributed by atoms with van der Waals surface area (Å²) in [6.45, 7) is 0.223. The van der Waals surface area contributed by atoms with Crippen LogP contribution in [0.15, 0.2) is 5.11 Å². The standard InChI is InChI=1S/C6H9N3O4/c7-9-8-3-5(11)4(10)2-1-12-6(3)13-2/h2-6,10-11H,1H2/t2-,3?,4-,5-,6?/m1/s1. The summed E-state index contributed by atoms with van der Waals surface area (Å²) < 4.78 is 10.2. The van der Waals surface area contributed by atoms with Gasteiger partial charge in [0.05, 0.1) is 12.7 Å². The van der Waals surface area contributed by atoms with Gasteiger partial charge < -0.3 is 19.7 Å². The third-order valence-electron chi connectivity index (χ3n) is 2.28. The van der Waals surface area contributed by atoms with E-state index in [0.29, 0.717) is 0 Å². The molecule has 2 N–H and O–H groups in total. The zero-order valence-corrected chi connectivity index (χ0v) is 6.65. The van der Waals surface area contributed by atoms with Crippen LogP contribution < -0.4 is 0 Å². The molecule has 2 aliphatic rings. The molecule has 0 aliphatic carbocycles. The summed E-state index contributed by atoms with van der Waals surface area (Å²) in [4.78, 5) is 2.55. The zero-order chi connectivity index (χ0) is 9.42. The first-order valence-corrected chi connectivity index (χ1v) is 3.91. The van der Waals surface area contributed by atoms with Crippen molar-refractivity contribution in [1.82, 2.24) is 0 Å². The number of hydrogen-bond donors (Lipinski definition) is 2. The molecule has 0 aromatic heterocycles. The number of nitrogens with zero attached hydrogens (tertiary/aromatic N) is 3. The Hall–Kier alpha value is -0.850. The van der Waals surface area contributed by atoms with E-state index in [1.807, 2.05) is 0 Å². The fourth-order valence-electron chi connectivity index (χ4n) is 1.56. The number of aliphatic hydroxyl groups excluding tert-OH is 2. The highest BCUT2D eigenvalue weighted by Crippen LogP contribution is 2.29. The summed E-state index contributed by atoms with van der Waals surface area (Å²) in [6, 6.07) is -0.862. The van der Waals surface area contributed by atoms with Crippen LogP contribution in [0.3, 0.4) is 0 Å². The van der Waals surface area contributed by atoms with Crippen LogP contribution in [-0.4, -0.2) is 47.5 Å². The molecule has 2 bridgehead atoms. The Labute approximate surface area is 73.5 Å². The Morgan fingerprint density at radius 2 is 2.15 bits per heavy atom. The van der Waals surface area contributed by atoms with Gasteiger partial charge in [0, 0.05) is 4.91 Å². The first-order chi connectivity index (χ1) is 6.24. The molecule has 2 heterocycles. The average molecular weight is 187 g/mol. The van der Waals surface area contributed by atoms with E-state index in [-0.39, 0.29) is 6.61 Å². The molecule has 0 aromatic carbocycles. The smallest absolute Gasteiger partial charge is 0.169 e. The van der Waals surface area contributed by atoms with E-state index in [2.05, 4.69) is 10.0 Å². The molecule has 72 valence electrons. The lowest BCUT2D eigenvalue weighted by Crippen LogP contribution is -2.52. The monoisotopic (exact) mass is 187 g/mol. The minimum Gasteiger partial charge on any atom is -0.390 e. The van der Waals surface area contributed by atoms with Crippen LogP contribution >= 0.6 is 0 Å². The number of ether oxygens (including phenoxy) is 2. The zero-order valence-electron chi connectivity index (χ0n) is 6.65. The molecule has 13 heavy (non-hydrogen) atoms. The lowest BCUT2D eigenvalue weighted by Gasteiger charge is -2.32. The van der Waals surface area contributed by atoms with Gasteiger partial charge in [0.15, 0.2) is 6.29 Å². The highest BCUT2D eigenvalue weighted by molar-refractivity contribution is 4.96. The second-order valence-electron chi connectivity index (χ2n) is 3.05. The van der Waals surface area contributed by atoms with Crippen LogP contribution in [-0.2, 0) is 9.47 Å². The fraction of sp³-hybridized carbons (Fsp3) is 1.00. The van der Waals surface area contributed by atoms with Crippen LogP contribution in [0.2, 0.25) is 0 Å². The average Bonchev–Trinajstić information content (AvgIpc) is 2.56. The summed E-state index contributed by atoms with van der Waals surface area (Å²) in [5.74, 6) is 0. The Balaban J connectivity index is 2.21. The minimum absolute atomic E-state index is 0.223. The van der Waals surface area contributed by atoms with Crippen LogP contribution in [0.25, 0.3) is 10.4 Å². The molecule has 0 amide bonds. The highest BCUT2D eigenvalue weighted by atomic mass is 16.7. The van der Waals surface area contributed by atoms with Crippen LogP contribution in [0.4, 0.5) is 0 Å². The Morgan fingerprint density at radius 1 is 1.38 bits per heavy atom. The molecule has 0 radical (unpaired) electrons. The molecule has 2 saturated heterocycles. The fourth-order valence-corrected chi connectivity index (χ4v) is 1.56. The van der Waals surface area contributed by atoms with Crippen LogP contribution in [0, 0.1) is 0 Å². The van der Waals surface area contributed by atoms with Crippen molar-refractivity contribution in [2.75, 3.05) is 6.61 Å². The summed E-state index contributed by atoms with van der Waals surface area (Å²) in [5.41, 5.74) is 8.20. The Morgan fingerprint density at radius 3 is 2.85 bits per heavy atom. The molecule has 2 fully saturated rings. The maximum absolute atomic E-state index is 9.47. The molecule has 0 spiro atoms. The number of hydrogen-bond acceptors (Lipinski definition) is 5. The lowest BCUT2D eigenvalue weighted by atomic mass is 10.00. The van der Waals surface area contributed by atoms with Crippen molar-refractivity contribution >= 4 is 0 Å². The van der Waals surface area contributed by atoms with Crippen molar-refractivity contribution in [1.29, 1.82) is 0 Å². The molecule has 2 aliphatic heterocycles. The Bertz CT molecular complexity index is 254. The van der Waals surface area contributed by atoms with Crippen molar-refractivity contribution < 1.29 is 19.7 Å². The van der Waals surface area contributed by atoms with E-state index in [1.165, 1.54) is 0 Å². The van der Waals surface area contributed by atoms with Crippen molar-refractivity contribution in [3.05, 3.63) is 10.4 Å². The first-order valence-electron chi connectivity index (χ1n) is 3.91. The molecule has 7 heteroatoms. The van der Waals surface area contributed by atoms with E-state index >= 15 is 0 Å². The maximum atomic E-state index is 9.47. The van der Waals surface area contributed by atoms with Gasteiger partial charge in [-0.25, -0.2) is 0 Å². The number of aliphatic hydroxyl groups is 2. The quantitative estimate of drug-likeness (QED) is 0.316. The predicted octanol–water partition coefficient (Wildman–Crippen LogP) is -0.858. The number of azide groups is 1. The summed E-state index contributed by atoms with van der Waals surface area (Å²) in [7, 11) is 0. The largest absolute Gasteiger partial charge is 0.390 e. The molecule has 7 nitrogen and oxygen atoms in total. The molecular formula is C6H9N3O4.